The van der Waals surface area contributed by atoms with E-state index in [0.29, 0.717) is 16.5 Å². The second kappa shape index (κ2) is 5.30. The van der Waals surface area contributed by atoms with E-state index in [-0.39, 0.29) is 0 Å². The fourth-order valence-corrected chi connectivity index (χ4v) is 1.85. The smallest absolute Gasteiger partial charge is 0.431 e. The van der Waals surface area contributed by atoms with Gasteiger partial charge in [0.1, 0.15) is 0 Å². The zero-order valence-electron chi connectivity index (χ0n) is 10.2. The Bertz CT molecular complexity index is 676. The maximum atomic E-state index is 11.7. The van der Waals surface area contributed by atoms with Crippen LogP contribution in [0.5, 0.6) is 0 Å². The first kappa shape index (κ1) is 12.8. The highest BCUT2D eigenvalue weighted by Crippen LogP contribution is 2.22. The van der Waals surface area contributed by atoms with E-state index in [1.807, 2.05) is 6.07 Å². The zero-order chi connectivity index (χ0) is 13.8. The van der Waals surface area contributed by atoms with Gasteiger partial charge in [-0.3, -0.25) is 0 Å². The van der Waals surface area contributed by atoms with Crippen LogP contribution in [0.25, 0.3) is 10.8 Å². The van der Waals surface area contributed by atoms with Crippen LogP contribution in [0, 0.1) is 0 Å². The fraction of sp³-hybridized carbons (Fsp3) is 0.0714. The van der Waals surface area contributed by atoms with E-state index in [1.165, 1.54) is 13.3 Å². The van der Waals surface area contributed by atoms with Crippen LogP contribution in [0.1, 0.15) is 15.9 Å². The summed E-state index contributed by atoms with van der Waals surface area (Å²) in [5.74, 6) is -0.432. The molecule has 0 radical (unpaired) electrons. The molecule has 0 fully saturated rings. The molecule has 0 heterocycles. The first-order valence-corrected chi connectivity index (χ1v) is 5.50. The van der Waals surface area contributed by atoms with Crippen molar-refractivity contribution in [2.75, 3.05) is 7.11 Å². The van der Waals surface area contributed by atoms with Crippen molar-refractivity contribution < 1.29 is 19.4 Å². The minimum absolute atomic E-state index is 0.432. The Morgan fingerprint density at radius 3 is 2.47 bits per heavy atom. The van der Waals surface area contributed by atoms with Gasteiger partial charge in [-0.1, -0.05) is 30.3 Å². The van der Waals surface area contributed by atoms with Crippen molar-refractivity contribution in [3.63, 3.8) is 0 Å². The number of nitrogens with zero attached hydrogens (tertiary/aromatic N) is 1. The molecule has 5 heteroatoms. The topological polar surface area (TPSA) is 76.0 Å². The van der Waals surface area contributed by atoms with Crippen molar-refractivity contribution in [2.45, 2.75) is 0 Å². The normalized spacial score (nSPS) is 10.8. The monoisotopic (exact) mass is 257 g/mol. The summed E-state index contributed by atoms with van der Waals surface area (Å²) in [6.07, 6.45) is -0.00717. The molecule has 0 bridgehead atoms. The third-order valence-electron chi connectivity index (χ3n) is 2.68. The molecule has 96 valence electrons. The van der Waals surface area contributed by atoms with E-state index in [4.69, 9.17) is 9.84 Å². The number of ether oxygens (including phenoxy) is 1. The molecule has 0 unspecified atom stereocenters. The van der Waals surface area contributed by atoms with Crippen LogP contribution in [0.15, 0.2) is 41.4 Å². The van der Waals surface area contributed by atoms with Gasteiger partial charge in [-0.25, -0.2) is 9.59 Å². The van der Waals surface area contributed by atoms with E-state index in [2.05, 4.69) is 4.99 Å². The Balaban J connectivity index is 2.64. The predicted octanol–water partition coefficient (Wildman–Crippen LogP) is 2.72. The molecule has 5 nitrogen and oxygen atoms in total. The summed E-state index contributed by atoms with van der Waals surface area (Å²) < 4.78 is 4.72. The van der Waals surface area contributed by atoms with E-state index in [0.717, 1.165) is 5.39 Å². The Labute approximate surface area is 109 Å². The highest BCUT2D eigenvalue weighted by atomic mass is 16.5. The highest BCUT2D eigenvalue weighted by molar-refractivity contribution is 6.10. The van der Waals surface area contributed by atoms with Crippen molar-refractivity contribution in [3.8, 4) is 0 Å². The zero-order valence-corrected chi connectivity index (χ0v) is 10.2. The number of methoxy groups -OCH3 is 1. The van der Waals surface area contributed by atoms with Crippen molar-refractivity contribution in [3.05, 3.63) is 47.5 Å². The van der Waals surface area contributed by atoms with Gasteiger partial charge < -0.3 is 9.84 Å². The van der Waals surface area contributed by atoms with Crippen LogP contribution in [-0.2, 0) is 4.74 Å². The van der Waals surface area contributed by atoms with E-state index < -0.39 is 12.1 Å². The SMILES string of the molecule is COC(=O)c1ccc(C=NC(=O)O)c2ccccc12. The summed E-state index contributed by atoms with van der Waals surface area (Å²) in [4.78, 5) is 25.4. The highest BCUT2D eigenvalue weighted by Gasteiger charge is 2.11. The average molecular weight is 257 g/mol. The second-order valence-electron chi connectivity index (χ2n) is 3.78. The van der Waals surface area contributed by atoms with Gasteiger partial charge >= 0.3 is 12.1 Å². The Morgan fingerprint density at radius 1 is 1.16 bits per heavy atom. The van der Waals surface area contributed by atoms with Crippen LogP contribution in [0.4, 0.5) is 4.79 Å². The third-order valence-corrected chi connectivity index (χ3v) is 2.68. The van der Waals surface area contributed by atoms with Crippen molar-refractivity contribution in [1.82, 2.24) is 0 Å². The number of carboxylic acid groups (broad SMARTS) is 1. The van der Waals surface area contributed by atoms with Crippen LogP contribution in [0.3, 0.4) is 0 Å². The Kier molecular flexibility index (Phi) is 3.56. The molecule has 0 saturated carbocycles. The lowest BCUT2D eigenvalue weighted by atomic mass is 10.00. The number of fused-ring (bicyclic) bond motifs is 1. The van der Waals surface area contributed by atoms with Crippen molar-refractivity contribution in [2.24, 2.45) is 4.99 Å². The van der Waals surface area contributed by atoms with Gasteiger partial charge in [-0.2, -0.15) is 4.99 Å². The van der Waals surface area contributed by atoms with Crippen LogP contribution in [0.2, 0.25) is 0 Å². The van der Waals surface area contributed by atoms with Gasteiger partial charge in [0.25, 0.3) is 0 Å². The lowest BCUT2D eigenvalue weighted by Gasteiger charge is -2.07. The van der Waals surface area contributed by atoms with Crippen LogP contribution in [-0.4, -0.2) is 30.5 Å². The lowest BCUT2D eigenvalue weighted by molar-refractivity contribution is 0.0603. The van der Waals surface area contributed by atoms with E-state index >= 15 is 0 Å². The second-order valence-corrected chi connectivity index (χ2v) is 3.78. The average Bonchev–Trinajstić information content (AvgIpc) is 2.43. The molecule has 0 atom stereocenters. The lowest BCUT2D eigenvalue weighted by Crippen LogP contribution is -2.03. The molecule has 0 aliphatic heterocycles. The van der Waals surface area contributed by atoms with Crippen LogP contribution < -0.4 is 0 Å². The molecule has 2 rings (SSSR count). The molecule has 0 aliphatic rings. The number of hydrogen-bond donors (Lipinski definition) is 1. The number of rotatable bonds is 2. The first-order chi connectivity index (χ1) is 9.13. The van der Waals surface area contributed by atoms with Gasteiger partial charge in [0.2, 0.25) is 0 Å². The molecular formula is C14H11NO4. The number of esters is 1. The third kappa shape index (κ3) is 2.60. The number of carbonyl (C=O) groups excluding carboxylic acids is 1. The molecule has 1 N–H and O–H groups in total. The molecule has 2 aromatic carbocycles. The largest absolute Gasteiger partial charge is 0.465 e. The van der Waals surface area contributed by atoms with Gasteiger partial charge in [-0.15, -0.1) is 0 Å². The predicted molar refractivity (Wildman–Crippen MR) is 70.9 cm³/mol. The minimum Gasteiger partial charge on any atom is -0.465 e. The molecule has 0 aromatic heterocycles. The van der Waals surface area contributed by atoms with E-state index in [1.54, 1.807) is 30.3 Å². The maximum absolute atomic E-state index is 11.7. The summed E-state index contributed by atoms with van der Waals surface area (Å²) in [5.41, 5.74) is 1.07. The van der Waals surface area contributed by atoms with Gasteiger partial charge in [-0.05, 0) is 16.8 Å². The molecule has 1 amide bonds. The molecule has 2 aromatic rings. The van der Waals surface area contributed by atoms with Gasteiger partial charge in [0.05, 0.1) is 12.7 Å². The number of benzene rings is 2. The number of aliphatic imine (C=N–C) groups is 1. The summed E-state index contributed by atoms with van der Waals surface area (Å²) in [5, 5.41) is 10.00. The fourth-order valence-electron chi connectivity index (χ4n) is 1.85. The van der Waals surface area contributed by atoms with E-state index in [9.17, 15) is 9.59 Å². The molecule has 19 heavy (non-hydrogen) atoms. The number of amides is 1. The maximum Gasteiger partial charge on any atom is 0.431 e. The molecular weight excluding hydrogens is 246 g/mol. The van der Waals surface area contributed by atoms with Gasteiger partial charge in [0, 0.05) is 11.8 Å². The van der Waals surface area contributed by atoms with Gasteiger partial charge in [0.15, 0.2) is 0 Å². The summed E-state index contributed by atoms with van der Waals surface area (Å²) in [6.45, 7) is 0. The number of carbonyl (C=O) groups is 2. The standard InChI is InChI=1S/C14H11NO4/c1-19-13(16)12-7-6-9(8-15-14(17)18)10-4-2-3-5-11(10)12/h2-8H,1H3,(H,17,18). The quantitative estimate of drug-likeness (QED) is 0.663. The summed E-state index contributed by atoms with van der Waals surface area (Å²) in [7, 11) is 1.32. The Morgan fingerprint density at radius 2 is 1.84 bits per heavy atom. The summed E-state index contributed by atoms with van der Waals surface area (Å²) >= 11 is 0. The molecule has 0 spiro atoms. The molecule has 0 aliphatic carbocycles. The Hall–Kier alpha value is -2.69. The summed E-state index contributed by atoms with van der Waals surface area (Å²) in [6, 6.07) is 10.4. The van der Waals surface area contributed by atoms with Crippen molar-refractivity contribution in [1.29, 1.82) is 0 Å². The number of hydrogen-bond acceptors (Lipinski definition) is 3. The first-order valence-electron chi connectivity index (χ1n) is 5.50. The van der Waals surface area contributed by atoms with Crippen molar-refractivity contribution >= 4 is 29.0 Å². The minimum atomic E-state index is -1.26. The van der Waals surface area contributed by atoms with Crippen LogP contribution >= 0.6 is 0 Å². The molecule has 0 saturated heterocycles.